The molecule has 0 aromatic heterocycles. The van der Waals surface area contributed by atoms with Crippen molar-refractivity contribution >= 4 is 17.5 Å². The quantitative estimate of drug-likeness (QED) is 0.749. The van der Waals surface area contributed by atoms with Gasteiger partial charge in [-0.05, 0) is 56.2 Å². The van der Waals surface area contributed by atoms with Gasteiger partial charge in [-0.15, -0.1) is 0 Å². The van der Waals surface area contributed by atoms with Crippen LogP contribution in [0.15, 0.2) is 42.5 Å². The van der Waals surface area contributed by atoms with Gasteiger partial charge < -0.3 is 14.8 Å². The predicted molar refractivity (Wildman–Crippen MR) is 100 cm³/mol. The van der Waals surface area contributed by atoms with Crippen molar-refractivity contribution in [1.29, 1.82) is 0 Å². The molecular weight excluding hydrogens is 338 g/mol. The third kappa shape index (κ3) is 5.68. The van der Waals surface area contributed by atoms with Gasteiger partial charge in [0.15, 0.2) is 11.5 Å². The van der Waals surface area contributed by atoms with Gasteiger partial charge >= 0.3 is 0 Å². The lowest BCUT2D eigenvalue weighted by atomic mass is 10.1. The minimum Gasteiger partial charge on any atom is -0.490 e. The molecular formula is C20H24ClNO3. The van der Waals surface area contributed by atoms with Crippen LogP contribution in [0.4, 0.5) is 0 Å². The molecule has 134 valence electrons. The lowest BCUT2D eigenvalue weighted by Crippen LogP contribution is -2.28. The summed E-state index contributed by atoms with van der Waals surface area (Å²) in [5, 5.41) is 3.64. The van der Waals surface area contributed by atoms with Crippen molar-refractivity contribution in [2.45, 2.75) is 33.2 Å². The molecule has 4 nitrogen and oxygen atoms in total. The van der Waals surface area contributed by atoms with Gasteiger partial charge in [0.05, 0.1) is 25.7 Å². The lowest BCUT2D eigenvalue weighted by molar-refractivity contribution is -0.121. The summed E-state index contributed by atoms with van der Waals surface area (Å²) in [7, 11) is 0. The zero-order valence-electron chi connectivity index (χ0n) is 14.8. The number of carbonyl (C=O) groups excluding carboxylic acids is 1. The molecule has 25 heavy (non-hydrogen) atoms. The number of ether oxygens (including phenoxy) is 2. The Kier molecular flexibility index (Phi) is 7.14. The van der Waals surface area contributed by atoms with E-state index in [2.05, 4.69) is 5.32 Å². The SMILES string of the molecule is CCOc1ccc([C@@H](C)NC(=O)Cc2cccc(Cl)c2)cc1OCC. The van der Waals surface area contributed by atoms with E-state index in [1.807, 2.05) is 51.1 Å². The summed E-state index contributed by atoms with van der Waals surface area (Å²) >= 11 is 5.96. The van der Waals surface area contributed by atoms with Crippen molar-refractivity contribution < 1.29 is 14.3 Å². The van der Waals surface area contributed by atoms with E-state index in [0.29, 0.717) is 36.2 Å². The maximum absolute atomic E-state index is 12.3. The Morgan fingerprint density at radius 3 is 2.48 bits per heavy atom. The molecule has 0 fully saturated rings. The Hall–Kier alpha value is -2.20. The number of hydrogen-bond donors (Lipinski definition) is 1. The topological polar surface area (TPSA) is 47.6 Å². The van der Waals surface area contributed by atoms with Crippen LogP contribution in [-0.2, 0) is 11.2 Å². The molecule has 0 saturated carbocycles. The summed E-state index contributed by atoms with van der Waals surface area (Å²) in [6.07, 6.45) is 0.292. The number of rotatable bonds is 8. The van der Waals surface area contributed by atoms with Gasteiger partial charge in [0.1, 0.15) is 0 Å². The van der Waals surface area contributed by atoms with Crippen LogP contribution in [0.2, 0.25) is 5.02 Å². The molecule has 2 aromatic rings. The minimum atomic E-state index is -0.137. The molecule has 0 radical (unpaired) electrons. The van der Waals surface area contributed by atoms with Gasteiger partial charge in [-0.2, -0.15) is 0 Å². The average molecular weight is 362 g/mol. The molecule has 1 amide bonds. The van der Waals surface area contributed by atoms with E-state index >= 15 is 0 Å². The van der Waals surface area contributed by atoms with Gasteiger partial charge in [0.2, 0.25) is 5.91 Å². The molecule has 0 aliphatic heterocycles. The maximum atomic E-state index is 12.3. The van der Waals surface area contributed by atoms with Gasteiger partial charge in [-0.3, -0.25) is 4.79 Å². The Morgan fingerprint density at radius 1 is 1.08 bits per heavy atom. The second-order valence-electron chi connectivity index (χ2n) is 5.67. The fraction of sp³-hybridized carbons (Fsp3) is 0.350. The third-order valence-corrected chi connectivity index (χ3v) is 3.93. The number of benzene rings is 2. The summed E-state index contributed by atoms with van der Waals surface area (Å²) in [5.41, 5.74) is 1.85. The van der Waals surface area contributed by atoms with Crippen LogP contribution >= 0.6 is 11.6 Å². The Labute approximate surface area is 154 Å². The highest BCUT2D eigenvalue weighted by molar-refractivity contribution is 6.30. The van der Waals surface area contributed by atoms with Crippen LogP contribution in [0.25, 0.3) is 0 Å². The van der Waals surface area contributed by atoms with Crippen LogP contribution in [0.5, 0.6) is 11.5 Å². The molecule has 0 aliphatic carbocycles. The molecule has 1 atom stereocenters. The van der Waals surface area contributed by atoms with Crippen molar-refractivity contribution in [2.24, 2.45) is 0 Å². The molecule has 0 aliphatic rings. The maximum Gasteiger partial charge on any atom is 0.224 e. The zero-order chi connectivity index (χ0) is 18.2. The van der Waals surface area contributed by atoms with Crippen LogP contribution in [0.1, 0.15) is 37.9 Å². The van der Waals surface area contributed by atoms with Gasteiger partial charge in [-0.1, -0.05) is 29.8 Å². The van der Waals surface area contributed by atoms with Gasteiger partial charge in [0.25, 0.3) is 0 Å². The number of amides is 1. The summed E-state index contributed by atoms with van der Waals surface area (Å²) < 4.78 is 11.2. The first kappa shape index (κ1) is 19.1. The second-order valence-corrected chi connectivity index (χ2v) is 6.10. The molecule has 0 unspecified atom stereocenters. The number of hydrogen-bond acceptors (Lipinski definition) is 3. The minimum absolute atomic E-state index is 0.0541. The highest BCUT2D eigenvalue weighted by Gasteiger charge is 2.13. The predicted octanol–water partition coefficient (Wildman–Crippen LogP) is 4.56. The Morgan fingerprint density at radius 2 is 1.80 bits per heavy atom. The number of halogens is 1. The number of carbonyl (C=O) groups is 1. The van der Waals surface area contributed by atoms with Crippen molar-refractivity contribution in [3.05, 3.63) is 58.6 Å². The van der Waals surface area contributed by atoms with E-state index in [1.165, 1.54) is 0 Å². The first-order valence-electron chi connectivity index (χ1n) is 8.46. The van der Waals surface area contributed by atoms with E-state index in [1.54, 1.807) is 12.1 Å². The molecule has 0 bridgehead atoms. The fourth-order valence-corrected chi connectivity index (χ4v) is 2.76. The van der Waals surface area contributed by atoms with Crippen molar-refractivity contribution in [3.8, 4) is 11.5 Å². The van der Waals surface area contributed by atoms with Crippen molar-refractivity contribution in [2.75, 3.05) is 13.2 Å². The van der Waals surface area contributed by atoms with Crippen molar-refractivity contribution in [3.63, 3.8) is 0 Å². The second kappa shape index (κ2) is 9.33. The summed E-state index contributed by atoms with van der Waals surface area (Å²) in [6.45, 7) is 6.94. The van der Waals surface area contributed by atoms with Crippen LogP contribution in [-0.4, -0.2) is 19.1 Å². The molecule has 2 rings (SSSR count). The van der Waals surface area contributed by atoms with Crippen LogP contribution in [0.3, 0.4) is 0 Å². The first-order valence-corrected chi connectivity index (χ1v) is 8.84. The standard InChI is InChI=1S/C20H24ClNO3/c1-4-24-18-10-9-16(13-19(18)25-5-2)14(3)22-20(23)12-15-7-6-8-17(21)11-15/h6-11,13-14H,4-5,12H2,1-3H3,(H,22,23)/t14-/m1/s1. The summed E-state index contributed by atoms with van der Waals surface area (Å²) in [4.78, 5) is 12.3. The fourth-order valence-electron chi connectivity index (χ4n) is 2.55. The first-order chi connectivity index (χ1) is 12.0. The zero-order valence-corrected chi connectivity index (χ0v) is 15.6. The highest BCUT2D eigenvalue weighted by atomic mass is 35.5. The molecule has 1 N–H and O–H groups in total. The van der Waals surface area contributed by atoms with E-state index in [-0.39, 0.29) is 11.9 Å². The van der Waals surface area contributed by atoms with E-state index in [4.69, 9.17) is 21.1 Å². The van der Waals surface area contributed by atoms with Crippen LogP contribution < -0.4 is 14.8 Å². The largest absolute Gasteiger partial charge is 0.490 e. The monoisotopic (exact) mass is 361 g/mol. The molecule has 5 heteroatoms. The normalized spacial score (nSPS) is 11.7. The highest BCUT2D eigenvalue weighted by Crippen LogP contribution is 2.30. The third-order valence-electron chi connectivity index (χ3n) is 3.70. The average Bonchev–Trinajstić information content (AvgIpc) is 2.56. The molecule has 2 aromatic carbocycles. The summed E-state index contributed by atoms with van der Waals surface area (Å²) in [6, 6.07) is 12.9. The Balaban J connectivity index is 2.05. The van der Waals surface area contributed by atoms with Crippen LogP contribution in [0, 0.1) is 0 Å². The smallest absolute Gasteiger partial charge is 0.224 e. The lowest BCUT2D eigenvalue weighted by Gasteiger charge is -2.17. The molecule has 0 saturated heterocycles. The van der Waals surface area contributed by atoms with Crippen molar-refractivity contribution in [1.82, 2.24) is 5.32 Å². The Bertz CT molecular complexity index is 718. The number of nitrogens with one attached hydrogen (secondary N) is 1. The van der Waals surface area contributed by atoms with Gasteiger partial charge in [0, 0.05) is 5.02 Å². The van der Waals surface area contributed by atoms with E-state index < -0.39 is 0 Å². The molecule has 0 spiro atoms. The molecule has 0 heterocycles. The van der Waals surface area contributed by atoms with E-state index in [0.717, 1.165) is 11.1 Å². The van der Waals surface area contributed by atoms with E-state index in [9.17, 15) is 4.79 Å². The summed E-state index contributed by atoms with van der Waals surface area (Å²) in [5.74, 6) is 1.35. The van der Waals surface area contributed by atoms with Gasteiger partial charge in [-0.25, -0.2) is 0 Å².